The van der Waals surface area contributed by atoms with E-state index in [0.29, 0.717) is 32.2 Å². The van der Waals surface area contributed by atoms with Gasteiger partial charge in [-0.3, -0.25) is 4.79 Å². The Morgan fingerprint density at radius 1 is 1.00 bits per heavy atom. The molecule has 1 atom stereocenters. The fraction of sp³-hybridized carbons (Fsp3) is 0.278. The molecule has 0 amide bonds. The van der Waals surface area contributed by atoms with Crippen molar-refractivity contribution in [2.45, 2.75) is 25.8 Å². The first-order chi connectivity index (χ1) is 12.2. The third kappa shape index (κ3) is 6.13. The van der Waals surface area contributed by atoms with Gasteiger partial charge in [-0.25, -0.2) is 0 Å². The smallest absolute Gasteiger partial charge is 0.302 e. The van der Waals surface area contributed by atoms with Crippen LogP contribution in [-0.2, 0) is 16.0 Å². The predicted octanol–water partition coefficient (Wildman–Crippen LogP) is 6.95. The summed E-state index contributed by atoms with van der Waals surface area (Å²) in [5.74, 6) is -0.393. The molecule has 0 aliphatic carbocycles. The lowest BCUT2D eigenvalue weighted by Gasteiger charge is -2.23. The van der Waals surface area contributed by atoms with Crippen LogP contribution in [0.4, 0.5) is 5.69 Å². The largest absolute Gasteiger partial charge is 0.463 e. The van der Waals surface area contributed by atoms with Crippen LogP contribution >= 0.6 is 46.4 Å². The Bertz CT molecular complexity index is 842. The maximum atomic E-state index is 11.2. The molecule has 0 fully saturated rings. The fourth-order valence-electron chi connectivity index (χ4n) is 2.19. The number of halogens is 4. The first kappa shape index (κ1) is 21.0. The lowest BCUT2D eigenvalue weighted by atomic mass is 9.94. The molecule has 0 heterocycles. The number of esters is 1. The van der Waals surface area contributed by atoms with Crippen molar-refractivity contribution in [2.24, 2.45) is 10.2 Å². The first-order valence-corrected chi connectivity index (χ1v) is 9.15. The first-order valence-electron chi connectivity index (χ1n) is 7.64. The van der Waals surface area contributed by atoms with E-state index in [9.17, 15) is 4.79 Å². The van der Waals surface area contributed by atoms with Crippen LogP contribution in [0.1, 0.15) is 19.4 Å². The summed E-state index contributed by atoms with van der Waals surface area (Å²) in [5, 5.41) is 10.3. The quantitative estimate of drug-likeness (QED) is 0.365. The van der Waals surface area contributed by atoms with E-state index in [-0.39, 0.29) is 6.61 Å². The van der Waals surface area contributed by atoms with Gasteiger partial charge in [0.05, 0.1) is 25.8 Å². The molecule has 8 heteroatoms. The molecule has 0 bridgehead atoms. The van der Waals surface area contributed by atoms with Crippen LogP contribution in [0.5, 0.6) is 0 Å². The molecular formula is C18H16Cl4N2O2. The maximum Gasteiger partial charge on any atom is 0.302 e. The van der Waals surface area contributed by atoms with Crippen molar-refractivity contribution in [1.82, 2.24) is 0 Å². The molecular weight excluding hydrogens is 418 g/mol. The molecule has 0 saturated heterocycles. The number of ether oxygens (including phenoxy) is 1. The van der Waals surface area contributed by atoms with Crippen LogP contribution in [0.15, 0.2) is 46.6 Å². The van der Waals surface area contributed by atoms with E-state index in [0.717, 1.165) is 5.56 Å². The van der Waals surface area contributed by atoms with E-state index >= 15 is 0 Å². The lowest BCUT2D eigenvalue weighted by Crippen LogP contribution is -2.32. The van der Waals surface area contributed by atoms with Gasteiger partial charge in [-0.15, -0.1) is 0 Å². The number of hydrogen-bond acceptors (Lipinski definition) is 4. The van der Waals surface area contributed by atoms with Gasteiger partial charge in [0.1, 0.15) is 12.1 Å². The second kappa shape index (κ2) is 9.05. The minimum absolute atomic E-state index is 0.0629. The number of nitrogens with zero attached hydrogens (tertiary/aromatic N) is 2. The Morgan fingerprint density at radius 3 is 2.19 bits per heavy atom. The maximum absolute atomic E-state index is 11.2. The van der Waals surface area contributed by atoms with Crippen LogP contribution < -0.4 is 0 Å². The van der Waals surface area contributed by atoms with Crippen molar-refractivity contribution in [3.63, 3.8) is 0 Å². The summed E-state index contributed by atoms with van der Waals surface area (Å²) in [7, 11) is 0. The molecule has 0 saturated carbocycles. The van der Waals surface area contributed by atoms with Gasteiger partial charge in [0.25, 0.3) is 0 Å². The average Bonchev–Trinajstić information content (AvgIpc) is 2.58. The fourth-order valence-corrected chi connectivity index (χ4v) is 2.80. The summed E-state index contributed by atoms with van der Waals surface area (Å²) in [4.78, 5) is 11.2. The summed E-state index contributed by atoms with van der Waals surface area (Å²) >= 11 is 23.9. The van der Waals surface area contributed by atoms with Crippen molar-refractivity contribution in [3.8, 4) is 0 Å². The summed E-state index contributed by atoms with van der Waals surface area (Å²) in [6.07, 6.45) is 0.446. The highest BCUT2D eigenvalue weighted by Crippen LogP contribution is 2.29. The van der Waals surface area contributed by atoms with Gasteiger partial charge in [-0.05, 0) is 42.8 Å². The normalized spacial score (nSPS) is 13.6. The highest BCUT2D eigenvalue weighted by Gasteiger charge is 2.27. The zero-order valence-corrected chi connectivity index (χ0v) is 17.1. The van der Waals surface area contributed by atoms with Crippen LogP contribution in [0.3, 0.4) is 0 Å². The van der Waals surface area contributed by atoms with Crippen molar-refractivity contribution < 1.29 is 9.53 Å². The second-order valence-electron chi connectivity index (χ2n) is 6.00. The zero-order chi connectivity index (χ0) is 19.3. The third-order valence-corrected chi connectivity index (χ3v) is 4.94. The lowest BCUT2D eigenvalue weighted by molar-refractivity contribution is -0.142. The molecule has 138 valence electrons. The Kier molecular flexibility index (Phi) is 7.30. The number of rotatable bonds is 6. The molecule has 26 heavy (non-hydrogen) atoms. The summed E-state index contributed by atoms with van der Waals surface area (Å²) in [6, 6.07) is 10.3. The molecule has 0 aliphatic heterocycles. The van der Waals surface area contributed by atoms with Crippen LogP contribution in [0, 0.1) is 0 Å². The standard InChI is InChI=1S/C18H16Cl4N2O2/c1-11(25)26-10-18(2,9-12-3-5-14(19)16(21)7-12)24-23-13-4-6-15(20)17(22)8-13/h3-8H,9-10H2,1-2H3/t18-/m0/s1. The molecule has 0 spiro atoms. The SMILES string of the molecule is CC(=O)OC[C@](C)(Cc1ccc(Cl)c(Cl)c1)N=Nc1ccc(Cl)c(Cl)c1. The predicted molar refractivity (Wildman–Crippen MR) is 106 cm³/mol. The summed E-state index contributed by atoms with van der Waals surface area (Å²) in [5.41, 5.74) is 0.638. The van der Waals surface area contributed by atoms with Crippen molar-refractivity contribution in [2.75, 3.05) is 6.61 Å². The molecule has 0 unspecified atom stereocenters. The molecule has 0 N–H and O–H groups in total. The van der Waals surface area contributed by atoms with Gasteiger partial charge in [0.15, 0.2) is 0 Å². The average molecular weight is 434 g/mol. The van der Waals surface area contributed by atoms with Crippen LogP contribution in [0.2, 0.25) is 20.1 Å². The number of azo groups is 1. The number of carbonyl (C=O) groups excluding carboxylic acids is 1. The van der Waals surface area contributed by atoms with Gasteiger partial charge in [0.2, 0.25) is 0 Å². The zero-order valence-electron chi connectivity index (χ0n) is 14.1. The van der Waals surface area contributed by atoms with Crippen LogP contribution in [0.25, 0.3) is 0 Å². The van der Waals surface area contributed by atoms with E-state index in [1.807, 2.05) is 13.0 Å². The monoisotopic (exact) mass is 432 g/mol. The van der Waals surface area contributed by atoms with E-state index in [1.54, 1.807) is 30.3 Å². The second-order valence-corrected chi connectivity index (χ2v) is 7.63. The molecule has 0 aliphatic rings. The Labute approximate surface area is 172 Å². The van der Waals surface area contributed by atoms with Crippen LogP contribution in [-0.4, -0.2) is 18.1 Å². The molecule has 2 rings (SSSR count). The van der Waals surface area contributed by atoms with Crippen molar-refractivity contribution >= 4 is 58.1 Å². The number of carbonyl (C=O) groups is 1. The van der Waals surface area contributed by atoms with Crippen molar-refractivity contribution in [3.05, 3.63) is 62.1 Å². The van der Waals surface area contributed by atoms with Gasteiger partial charge < -0.3 is 4.74 Å². The molecule has 0 radical (unpaired) electrons. The van der Waals surface area contributed by atoms with Gasteiger partial charge in [-0.2, -0.15) is 10.2 Å². The third-order valence-electron chi connectivity index (χ3n) is 3.47. The Morgan fingerprint density at radius 2 is 1.62 bits per heavy atom. The summed E-state index contributed by atoms with van der Waals surface area (Å²) < 4.78 is 5.17. The van der Waals surface area contributed by atoms with E-state index in [1.165, 1.54) is 6.92 Å². The number of hydrogen-bond donors (Lipinski definition) is 0. The minimum Gasteiger partial charge on any atom is -0.463 e. The van der Waals surface area contributed by atoms with Gasteiger partial charge >= 0.3 is 5.97 Å². The number of benzene rings is 2. The van der Waals surface area contributed by atoms with Gasteiger partial charge in [0, 0.05) is 13.3 Å². The Balaban J connectivity index is 2.27. The van der Waals surface area contributed by atoms with E-state index in [2.05, 4.69) is 10.2 Å². The van der Waals surface area contributed by atoms with Gasteiger partial charge in [-0.1, -0.05) is 52.5 Å². The van der Waals surface area contributed by atoms with Crippen molar-refractivity contribution in [1.29, 1.82) is 0 Å². The summed E-state index contributed by atoms with van der Waals surface area (Å²) in [6.45, 7) is 3.24. The van der Waals surface area contributed by atoms with E-state index in [4.69, 9.17) is 51.1 Å². The molecule has 2 aromatic carbocycles. The minimum atomic E-state index is -0.797. The molecule has 0 aromatic heterocycles. The molecule has 4 nitrogen and oxygen atoms in total. The highest BCUT2D eigenvalue weighted by atomic mass is 35.5. The van der Waals surface area contributed by atoms with E-state index < -0.39 is 11.5 Å². The topological polar surface area (TPSA) is 51.0 Å². The molecule has 2 aromatic rings. The Hall–Kier alpha value is -1.33. The highest BCUT2D eigenvalue weighted by molar-refractivity contribution is 6.42.